The van der Waals surface area contributed by atoms with Crippen LogP contribution in [-0.2, 0) is 19.1 Å². The molecule has 0 heterocycles. The monoisotopic (exact) mass is 735 g/mol. The Morgan fingerprint density at radius 1 is 0.500 bits per heavy atom. The molecule has 0 rings (SSSR count). The summed E-state index contributed by atoms with van der Waals surface area (Å²) in [6.45, 7) is 6.26. The van der Waals surface area contributed by atoms with E-state index >= 15 is 0 Å². The Morgan fingerprint density at radius 3 is 1.42 bits per heavy atom. The van der Waals surface area contributed by atoms with Crippen molar-refractivity contribution in [3.05, 3.63) is 48.6 Å². The summed E-state index contributed by atoms with van der Waals surface area (Å²) in [6.07, 6.45) is 35.4. The first-order chi connectivity index (χ1) is 25.1. The van der Waals surface area contributed by atoms with Gasteiger partial charge in [0.05, 0.1) is 18.3 Å². The minimum atomic E-state index is -1.09. The lowest BCUT2D eigenvalue weighted by Crippen LogP contribution is -2.26. The Morgan fingerprint density at radius 2 is 0.923 bits per heavy atom. The van der Waals surface area contributed by atoms with Gasteiger partial charge in [0.2, 0.25) is 0 Å². The van der Waals surface area contributed by atoms with Crippen LogP contribution in [0.5, 0.6) is 0 Å². The van der Waals surface area contributed by atoms with E-state index in [9.17, 15) is 30.0 Å². The molecule has 0 aliphatic heterocycles. The third-order valence-corrected chi connectivity index (χ3v) is 9.11. The zero-order valence-corrected chi connectivity index (χ0v) is 33.3. The van der Waals surface area contributed by atoms with Crippen molar-refractivity contribution in [1.82, 2.24) is 0 Å². The summed E-state index contributed by atoms with van der Waals surface area (Å²) in [4.78, 5) is 24.0. The molecule has 0 amide bonds. The van der Waals surface area contributed by atoms with Crippen LogP contribution in [0, 0.1) is 5.92 Å². The molecule has 0 saturated heterocycles. The molecule has 302 valence electrons. The second-order valence-corrected chi connectivity index (χ2v) is 14.8. The van der Waals surface area contributed by atoms with E-state index in [1.54, 1.807) is 36.5 Å². The highest BCUT2D eigenvalue weighted by Crippen LogP contribution is 2.15. The van der Waals surface area contributed by atoms with Crippen molar-refractivity contribution in [3.63, 3.8) is 0 Å². The molecule has 0 aliphatic rings. The zero-order chi connectivity index (χ0) is 38.5. The minimum Gasteiger partial charge on any atom is -0.463 e. The third-order valence-electron chi connectivity index (χ3n) is 9.11. The molecule has 0 saturated carbocycles. The lowest BCUT2D eigenvalue weighted by molar-refractivity contribution is -0.152. The summed E-state index contributed by atoms with van der Waals surface area (Å²) in [7, 11) is 0. The standard InChI is InChI=1S/C44H78O8/c1-4-5-23-30-39(45)31-25-20-17-18-21-26-32-41(47)42(48)33-28-35-44(50)52-37-40(46)36-51-43(49)34-27-22-16-14-12-10-8-6-7-9-11-13-15-19-24-29-38(2)3/h17-18,20-21,25-26,31-32,38-42,45-48H,4-16,19,22-24,27-30,33-37H2,1-3H3/b20-17-,21-18+,31-25+,32-26+/t39-,40+,41-,42-/m1/s1. The average molecular weight is 735 g/mol. The zero-order valence-electron chi connectivity index (χ0n) is 33.3. The summed E-state index contributed by atoms with van der Waals surface area (Å²) in [5, 5.41) is 40.1. The molecule has 8 heteroatoms. The van der Waals surface area contributed by atoms with Crippen molar-refractivity contribution in [1.29, 1.82) is 0 Å². The van der Waals surface area contributed by atoms with Crippen LogP contribution in [0.1, 0.15) is 175 Å². The molecule has 4 N–H and O–H groups in total. The summed E-state index contributed by atoms with van der Waals surface area (Å²) in [6, 6.07) is 0. The van der Waals surface area contributed by atoms with Crippen LogP contribution in [0.15, 0.2) is 48.6 Å². The molecule has 8 nitrogen and oxygen atoms in total. The fraction of sp³-hybridized carbons (Fsp3) is 0.773. The average Bonchev–Trinajstić information content (AvgIpc) is 3.11. The van der Waals surface area contributed by atoms with Gasteiger partial charge in [-0.05, 0) is 31.6 Å². The van der Waals surface area contributed by atoms with Gasteiger partial charge in [-0.15, -0.1) is 0 Å². The predicted octanol–water partition coefficient (Wildman–Crippen LogP) is 9.78. The van der Waals surface area contributed by atoms with E-state index in [0.717, 1.165) is 50.9 Å². The molecular formula is C44H78O8. The van der Waals surface area contributed by atoms with Crippen molar-refractivity contribution in [2.24, 2.45) is 5.92 Å². The van der Waals surface area contributed by atoms with E-state index in [1.807, 2.05) is 6.08 Å². The number of aliphatic hydroxyl groups is 4. The molecule has 0 aromatic carbocycles. The van der Waals surface area contributed by atoms with Crippen molar-refractivity contribution < 1.29 is 39.5 Å². The van der Waals surface area contributed by atoms with Gasteiger partial charge in [0.25, 0.3) is 0 Å². The van der Waals surface area contributed by atoms with Gasteiger partial charge in [-0.3, -0.25) is 9.59 Å². The van der Waals surface area contributed by atoms with Crippen LogP contribution in [0.3, 0.4) is 0 Å². The molecule has 0 fully saturated rings. The molecule has 0 radical (unpaired) electrons. The molecule has 0 bridgehead atoms. The highest BCUT2D eigenvalue weighted by atomic mass is 16.6. The van der Waals surface area contributed by atoms with Crippen LogP contribution in [0.2, 0.25) is 0 Å². The van der Waals surface area contributed by atoms with E-state index in [2.05, 4.69) is 20.8 Å². The third kappa shape index (κ3) is 36.1. The summed E-state index contributed by atoms with van der Waals surface area (Å²) < 4.78 is 10.2. The summed E-state index contributed by atoms with van der Waals surface area (Å²) >= 11 is 0. The van der Waals surface area contributed by atoms with E-state index < -0.39 is 30.4 Å². The van der Waals surface area contributed by atoms with Gasteiger partial charge in [0.15, 0.2) is 0 Å². The highest BCUT2D eigenvalue weighted by molar-refractivity contribution is 5.69. The van der Waals surface area contributed by atoms with Crippen LogP contribution < -0.4 is 0 Å². The smallest absolute Gasteiger partial charge is 0.305 e. The lowest BCUT2D eigenvalue weighted by atomic mass is 10.0. The molecule has 0 aromatic heterocycles. The topological polar surface area (TPSA) is 134 Å². The van der Waals surface area contributed by atoms with Crippen LogP contribution >= 0.6 is 0 Å². The summed E-state index contributed by atoms with van der Waals surface area (Å²) in [5.74, 6) is -0.0407. The molecule has 0 unspecified atom stereocenters. The number of rotatable bonds is 36. The Labute approximate surface area is 317 Å². The van der Waals surface area contributed by atoms with E-state index in [1.165, 1.54) is 89.5 Å². The first-order valence-corrected chi connectivity index (χ1v) is 20.9. The number of unbranched alkanes of at least 4 members (excludes halogenated alkanes) is 16. The maximum absolute atomic E-state index is 12.0. The minimum absolute atomic E-state index is 0.0321. The fourth-order valence-electron chi connectivity index (χ4n) is 5.77. The van der Waals surface area contributed by atoms with E-state index in [4.69, 9.17) is 9.47 Å². The van der Waals surface area contributed by atoms with Gasteiger partial charge < -0.3 is 29.9 Å². The quantitative estimate of drug-likeness (QED) is 0.0284. The van der Waals surface area contributed by atoms with Crippen molar-refractivity contribution >= 4 is 11.9 Å². The molecule has 4 atom stereocenters. The van der Waals surface area contributed by atoms with Gasteiger partial charge >= 0.3 is 11.9 Å². The predicted molar refractivity (Wildman–Crippen MR) is 214 cm³/mol. The fourth-order valence-corrected chi connectivity index (χ4v) is 5.77. The Kier molecular flexibility index (Phi) is 35.5. The van der Waals surface area contributed by atoms with E-state index in [0.29, 0.717) is 12.8 Å². The van der Waals surface area contributed by atoms with Crippen molar-refractivity contribution in [2.45, 2.75) is 199 Å². The largest absolute Gasteiger partial charge is 0.463 e. The molecule has 0 spiro atoms. The number of ether oxygens (including phenoxy) is 2. The van der Waals surface area contributed by atoms with Crippen molar-refractivity contribution in [3.8, 4) is 0 Å². The molecule has 0 aliphatic carbocycles. The molecular weight excluding hydrogens is 656 g/mol. The van der Waals surface area contributed by atoms with Gasteiger partial charge in [-0.25, -0.2) is 0 Å². The van der Waals surface area contributed by atoms with Crippen LogP contribution in [0.25, 0.3) is 0 Å². The first kappa shape index (κ1) is 49.7. The van der Waals surface area contributed by atoms with Gasteiger partial charge in [0, 0.05) is 12.8 Å². The maximum Gasteiger partial charge on any atom is 0.305 e. The summed E-state index contributed by atoms with van der Waals surface area (Å²) in [5.41, 5.74) is 0. The van der Waals surface area contributed by atoms with Crippen LogP contribution in [0.4, 0.5) is 0 Å². The maximum atomic E-state index is 12.0. The van der Waals surface area contributed by atoms with Crippen LogP contribution in [-0.4, -0.2) is 70.0 Å². The Hall–Kier alpha value is -2.26. The van der Waals surface area contributed by atoms with Gasteiger partial charge in [-0.2, -0.15) is 0 Å². The second kappa shape index (κ2) is 37.1. The van der Waals surface area contributed by atoms with E-state index in [-0.39, 0.29) is 32.0 Å². The number of aliphatic hydroxyl groups excluding tert-OH is 4. The number of hydrogen-bond acceptors (Lipinski definition) is 8. The normalized spacial score (nSPS) is 14.6. The number of hydrogen-bond donors (Lipinski definition) is 4. The first-order valence-electron chi connectivity index (χ1n) is 20.9. The highest BCUT2D eigenvalue weighted by Gasteiger charge is 2.15. The molecule has 52 heavy (non-hydrogen) atoms. The number of esters is 2. The second-order valence-electron chi connectivity index (χ2n) is 14.8. The number of carbonyl (C=O) groups is 2. The lowest BCUT2D eigenvalue weighted by Gasteiger charge is -2.14. The SMILES string of the molecule is CCCCC[C@@H](O)/C=C/C=C\C=C\C=C\[C@@H](O)[C@H](O)CCCC(=O)OC[C@@H](O)COC(=O)CCCCCCCCCCCCCCCCCC(C)C. The van der Waals surface area contributed by atoms with Crippen molar-refractivity contribution in [2.75, 3.05) is 13.2 Å². The number of carbonyl (C=O) groups excluding carboxylic acids is 2. The number of allylic oxidation sites excluding steroid dienone is 6. The van der Waals surface area contributed by atoms with Gasteiger partial charge in [0.1, 0.15) is 19.3 Å². The molecule has 0 aromatic rings. The Bertz CT molecular complexity index is 941. The Balaban J connectivity index is 3.73. The van der Waals surface area contributed by atoms with Gasteiger partial charge in [-0.1, -0.05) is 185 Å².